The summed E-state index contributed by atoms with van der Waals surface area (Å²) in [6.45, 7) is 5.22. The van der Waals surface area contributed by atoms with Crippen LogP contribution in [-0.2, 0) is 10.0 Å². The number of aromatic nitrogens is 2. The molecule has 31 heavy (non-hydrogen) atoms. The van der Waals surface area contributed by atoms with Crippen LogP contribution in [0.5, 0.6) is 0 Å². The monoisotopic (exact) mass is 436 g/mol. The second-order valence-corrected chi connectivity index (χ2v) is 11.0. The van der Waals surface area contributed by atoms with Crippen LogP contribution in [0.2, 0.25) is 0 Å². The molecule has 3 heterocycles. The van der Waals surface area contributed by atoms with E-state index in [1.54, 1.807) is 4.31 Å². The van der Waals surface area contributed by atoms with E-state index in [1.165, 1.54) is 0 Å². The first-order chi connectivity index (χ1) is 14.9. The van der Waals surface area contributed by atoms with Gasteiger partial charge in [-0.05, 0) is 86.4 Å². The van der Waals surface area contributed by atoms with Gasteiger partial charge in [0.25, 0.3) is 0 Å². The number of fused-ring (bicyclic) bond motifs is 1. The van der Waals surface area contributed by atoms with E-state index in [0.717, 1.165) is 64.7 Å². The first-order valence-electron chi connectivity index (χ1n) is 11.0. The normalized spacial score (nSPS) is 18.4. The smallest absolute Gasteiger partial charge is 0.216 e. The first kappa shape index (κ1) is 20.4. The van der Waals surface area contributed by atoms with Crippen LogP contribution in [0.15, 0.2) is 42.7 Å². The molecule has 0 atom stereocenters. The van der Waals surface area contributed by atoms with E-state index in [2.05, 4.69) is 39.6 Å². The van der Waals surface area contributed by atoms with E-state index in [9.17, 15) is 8.42 Å². The van der Waals surface area contributed by atoms with Crippen molar-refractivity contribution in [3.63, 3.8) is 0 Å². The Morgan fingerprint density at radius 1 is 0.968 bits per heavy atom. The number of piperidine rings is 1. The van der Waals surface area contributed by atoms with E-state index >= 15 is 0 Å². The van der Waals surface area contributed by atoms with Crippen molar-refractivity contribution in [1.29, 1.82) is 0 Å². The number of benzene rings is 1. The summed E-state index contributed by atoms with van der Waals surface area (Å²) in [5.74, 6) is 0. The number of hydrogen-bond donors (Lipinski definition) is 1. The molecule has 3 aromatic rings. The summed E-state index contributed by atoms with van der Waals surface area (Å²) in [5, 5.41) is 5.79. The highest BCUT2D eigenvalue weighted by Crippen LogP contribution is 2.34. The molecule has 2 aliphatic rings. The summed E-state index contributed by atoms with van der Waals surface area (Å²) in [7, 11) is -3.08. The Morgan fingerprint density at radius 3 is 2.32 bits per heavy atom. The number of rotatable bonds is 5. The van der Waals surface area contributed by atoms with Crippen molar-refractivity contribution >= 4 is 26.5 Å². The molecule has 162 valence electrons. The second-order valence-electron chi connectivity index (χ2n) is 8.82. The highest BCUT2D eigenvalue weighted by molar-refractivity contribution is 7.90. The quantitative estimate of drug-likeness (QED) is 0.646. The topological polar surface area (TPSA) is 75.2 Å². The molecule has 0 bridgehead atoms. The van der Waals surface area contributed by atoms with Gasteiger partial charge >= 0.3 is 0 Å². The molecule has 6 nitrogen and oxygen atoms in total. The maximum atomic E-state index is 12.5. The predicted octanol–water partition coefficient (Wildman–Crippen LogP) is 4.28. The largest absolute Gasteiger partial charge is 0.382 e. The summed E-state index contributed by atoms with van der Waals surface area (Å²) >= 11 is 0. The molecule has 1 saturated carbocycles. The van der Waals surface area contributed by atoms with Gasteiger partial charge in [-0.25, -0.2) is 12.7 Å². The predicted molar refractivity (Wildman–Crippen MR) is 125 cm³/mol. The highest BCUT2D eigenvalue weighted by atomic mass is 32.2. The molecular weight excluding hydrogens is 408 g/mol. The van der Waals surface area contributed by atoms with Crippen LogP contribution >= 0.6 is 0 Å². The summed E-state index contributed by atoms with van der Waals surface area (Å²) in [5.41, 5.74) is 5.35. The molecule has 0 amide bonds. The Morgan fingerprint density at radius 2 is 1.65 bits per heavy atom. The molecule has 0 unspecified atom stereocenters. The fourth-order valence-electron chi connectivity index (χ4n) is 4.54. The van der Waals surface area contributed by atoms with E-state index in [0.29, 0.717) is 13.1 Å². The van der Waals surface area contributed by atoms with Crippen molar-refractivity contribution in [2.45, 2.75) is 50.8 Å². The lowest BCUT2D eigenvalue weighted by Crippen LogP contribution is -2.43. The van der Waals surface area contributed by atoms with Crippen LogP contribution in [0.3, 0.4) is 0 Å². The van der Waals surface area contributed by atoms with Crippen molar-refractivity contribution < 1.29 is 8.42 Å². The molecule has 2 fully saturated rings. The minimum absolute atomic E-state index is 0.129. The molecule has 0 radical (unpaired) electrons. The van der Waals surface area contributed by atoms with Crippen LogP contribution in [0.25, 0.3) is 21.9 Å². The van der Waals surface area contributed by atoms with Crippen LogP contribution < -0.4 is 5.32 Å². The summed E-state index contributed by atoms with van der Waals surface area (Å²) in [6, 6.07) is 10.9. The number of nitrogens with one attached hydrogen (secondary N) is 1. The molecular formula is C24H28N4O2S. The van der Waals surface area contributed by atoms with Gasteiger partial charge in [-0.3, -0.25) is 9.97 Å². The molecule has 5 rings (SSSR count). The lowest BCUT2D eigenvalue weighted by molar-refractivity contribution is 0.329. The van der Waals surface area contributed by atoms with Gasteiger partial charge < -0.3 is 5.32 Å². The summed E-state index contributed by atoms with van der Waals surface area (Å²) < 4.78 is 26.8. The Balaban J connectivity index is 1.42. The molecule has 0 spiro atoms. The van der Waals surface area contributed by atoms with E-state index in [4.69, 9.17) is 0 Å². The lowest BCUT2D eigenvalue weighted by Gasteiger charge is -2.32. The minimum Gasteiger partial charge on any atom is -0.382 e. The lowest BCUT2D eigenvalue weighted by atomic mass is 9.99. The highest BCUT2D eigenvalue weighted by Gasteiger charge is 2.41. The molecule has 2 aromatic heterocycles. The third-order valence-corrected chi connectivity index (χ3v) is 8.69. The maximum absolute atomic E-state index is 12.5. The van der Waals surface area contributed by atoms with E-state index in [1.807, 2.05) is 32.3 Å². The molecule has 1 saturated heterocycles. The van der Waals surface area contributed by atoms with Gasteiger partial charge in [0.2, 0.25) is 10.0 Å². The van der Waals surface area contributed by atoms with Crippen molar-refractivity contribution in [1.82, 2.24) is 14.3 Å². The number of nitrogens with zero attached hydrogens (tertiary/aromatic N) is 3. The zero-order valence-corrected chi connectivity index (χ0v) is 18.8. The SMILES string of the molecule is Cc1cc(-c2cc(NC3CCN(S(=O)(=O)C4CC4)CC3)c3cnccc3c2)cc(C)n1. The van der Waals surface area contributed by atoms with Crippen LogP contribution in [0, 0.1) is 13.8 Å². The Hall–Kier alpha value is -2.51. The zero-order chi connectivity index (χ0) is 21.6. The van der Waals surface area contributed by atoms with Crippen molar-refractivity contribution in [2.24, 2.45) is 0 Å². The van der Waals surface area contributed by atoms with Crippen molar-refractivity contribution in [3.8, 4) is 11.1 Å². The van der Waals surface area contributed by atoms with Gasteiger partial charge in [-0.15, -0.1) is 0 Å². The van der Waals surface area contributed by atoms with Crippen molar-refractivity contribution in [3.05, 3.63) is 54.1 Å². The van der Waals surface area contributed by atoms with Crippen molar-refractivity contribution in [2.75, 3.05) is 18.4 Å². The van der Waals surface area contributed by atoms with Gasteiger partial charge in [0.05, 0.1) is 5.25 Å². The minimum atomic E-state index is -3.08. The molecule has 1 aliphatic heterocycles. The van der Waals surface area contributed by atoms with Crippen LogP contribution in [-0.4, -0.2) is 47.1 Å². The zero-order valence-electron chi connectivity index (χ0n) is 18.0. The number of aryl methyl sites for hydroxylation is 2. The number of hydrogen-bond acceptors (Lipinski definition) is 5. The fraction of sp³-hybridized carbons (Fsp3) is 0.417. The number of anilines is 1. The third kappa shape index (κ3) is 4.16. The molecule has 1 aromatic carbocycles. The standard InChI is InChI=1S/C24H28N4O2S/c1-16-11-19(12-17(2)26-16)20-13-18-5-8-25-15-23(18)24(14-20)27-21-6-9-28(10-7-21)31(29,30)22-3-4-22/h5,8,11-15,21-22,27H,3-4,6-7,9-10H2,1-2H3. The Bertz CT molecular complexity index is 1210. The van der Waals surface area contributed by atoms with Gasteiger partial charge in [-0.1, -0.05) is 0 Å². The van der Waals surface area contributed by atoms with E-state index < -0.39 is 10.0 Å². The third-order valence-electron chi connectivity index (χ3n) is 6.29. The molecule has 1 aliphatic carbocycles. The fourth-order valence-corrected chi connectivity index (χ4v) is 6.41. The first-order valence-corrected chi connectivity index (χ1v) is 12.5. The second kappa shape index (κ2) is 7.88. The van der Waals surface area contributed by atoms with Crippen LogP contribution in [0.1, 0.15) is 37.1 Å². The van der Waals surface area contributed by atoms with E-state index in [-0.39, 0.29) is 11.3 Å². The maximum Gasteiger partial charge on any atom is 0.216 e. The van der Waals surface area contributed by atoms with Gasteiger partial charge in [0.1, 0.15) is 0 Å². The number of sulfonamides is 1. The Kier molecular flexibility index (Phi) is 5.18. The van der Waals surface area contributed by atoms with Gasteiger partial charge in [-0.2, -0.15) is 0 Å². The average Bonchev–Trinajstić information content (AvgIpc) is 3.59. The molecule has 1 N–H and O–H groups in total. The van der Waals surface area contributed by atoms with Gasteiger partial charge in [0.15, 0.2) is 0 Å². The molecule has 7 heteroatoms. The number of pyridine rings is 2. The average molecular weight is 437 g/mol. The Labute approximate surface area is 183 Å². The van der Waals surface area contributed by atoms with Crippen LogP contribution in [0.4, 0.5) is 5.69 Å². The summed E-state index contributed by atoms with van der Waals surface area (Å²) in [6.07, 6.45) is 6.98. The van der Waals surface area contributed by atoms with Gasteiger partial charge in [0, 0.05) is 54.0 Å². The summed E-state index contributed by atoms with van der Waals surface area (Å²) in [4.78, 5) is 8.83.